The number of hydrogen-bond donors (Lipinski definition) is 1. The van der Waals surface area contributed by atoms with Crippen molar-refractivity contribution in [3.63, 3.8) is 0 Å². The second kappa shape index (κ2) is 3.62. The molecular formula is C9H15N3S. The van der Waals surface area contributed by atoms with Gasteiger partial charge in [-0.15, -0.1) is 0 Å². The highest BCUT2D eigenvalue weighted by Gasteiger charge is 2.20. The molecule has 2 rings (SSSR count). The minimum absolute atomic E-state index is 0.962. The van der Waals surface area contributed by atoms with Crippen LogP contribution in [0.3, 0.4) is 0 Å². The first-order valence-electron chi connectivity index (χ1n) is 4.68. The maximum Gasteiger partial charge on any atom is 0.127 e. The van der Waals surface area contributed by atoms with E-state index in [2.05, 4.69) is 28.3 Å². The number of aromatic nitrogens is 2. The zero-order valence-corrected chi connectivity index (χ0v) is 8.95. The van der Waals surface area contributed by atoms with E-state index in [4.69, 9.17) is 0 Å². The lowest BCUT2D eigenvalue weighted by atomic mass is 10.2. The van der Waals surface area contributed by atoms with E-state index >= 15 is 0 Å². The van der Waals surface area contributed by atoms with Gasteiger partial charge in [-0.05, 0) is 19.6 Å². The van der Waals surface area contributed by atoms with Gasteiger partial charge in [0, 0.05) is 24.4 Å². The first-order valence-corrected chi connectivity index (χ1v) is 6.07. The fourth-order valence-corrected chi connectivity index (χ4v) is 2.30. The highest BCUT2D eigenvalue weighted by Crippen LogP contribution is 2.27. The van der Waals surface area contributed by atoms with Crippen molar-refractivity contribution in [2.45, 2.75) is 25.6 Å². The van der Waals surface area contributed by atoms with Crippen molar-refractivity contribution in [2.75, 3.05) is 18.1 Å². The Morgan fingerprint density at radius 3 is 3.15 bits per heavy atom. The molecule has 0 bridgehead atoms. The molecule has 0 saturated heterocycles. The summed E-state index contributed by atoms with van der Waals surface area (Å²) in [6.45, 7) is 4.18. The molecule has 0 atom stereocenters. The Morgan fingerprint density at radius 2 is 2.46 bits per heavy atom. The van der Waals surface area contributed by atoms with Gasteiger partial charge >= 0.3 is 0 Å². The van der Waals surface area contributed by atoms with Crippen LogP contribution in [0.15, 0.2) is 0 Å². The van der Waals surface area contributed by atoms with Crippen LogP contribution >= 0.6 is 11.8 Å². The summed E-state index contributed by atoms with van der Waals surface area (Å²) < 4.78 is 2.08. The lowest BCUT2D eigenvalue weighted by molar-refractivity contribution is 0.658. The molecule has 0 spiro atoms. The number of rotatable bonds is 3. The summed E-state index contributed by atoms with van der Waals surface area (Å²) in [5, 5.41) is 7.96. The van der Waals surface area contributed by atoms with E-state index in [0.29, 0.717) is 0 Å². The highest BCUT2D eigenvalue weighted by atomic mass is 32.2. The van der Waals surface area contributed by atoms with Crippen LogP contribution in [-0.4, -0.2) is 22.6 Å². The maximum atomic E-state index is 4.57. The first-order chi connectivity index (χ1) is 6.36. The van der Waals surface area contributed by atoms with Crippen LogP contribution in [0.5, 0.6) is 0 Å². The Hall–Kier alpha value is -0.640. The van der Waals surface area contributed by atoms with Gasteiger partial charge in [0.05, 0.1) is 5.69 Å². The first kappa shape index (κ1) is 8.94. The van der Waals surface area contributed by atoms with Crippen LogP contribution in [0.1, 0.15) is 18.2 Å². The molecule has 1 N–H and O–H groups in total. The molecule has 0 unspecified atom stereocenters. The zero-order valence-electron chi connectivity index (χ0n) is 8.13. The van der Waals surface area contributed by atoms with Gasteiger partial charge in [-0.3, -0.25) is 0 Å². The van der Waals surface area contributed by atoms with Crippen molar-refractivity contribution in [1.82, 2.24) is 9.78 Å². The molecule has 72 valence electrons. The Balaban J connectivity index is 2.36. The molecule has 0 fully saturated rings. The minimum atomic E-state index is 0.962. The molecule has 0 aliphatic carbocycles. The average molecular weight is 197 g/mol. The predicted molar refractivity (Wildman–Crippen MR) is 57.3 cm³/mol. The van der Waals surface area contributed by atoms with Crippen LogP contribution in [0, 0.1) is 0 Å². The van der Waals surface area contributed by atoms with Crippen molar-refractivity contribution in [3.8, 4) is 0 Å². The number of anilines is 1. The van der Waals surface area contributed by atoms with Gasteiger partial charge in [0.15, 0.2) is 0 Å². The standard InChI is InChI=1S/C9H15N3S/c1-3-12-9-7(4-5-10-9)8(11-12)6-13-2/h10H,3-6H2,1-2H3. The fraction of sp³-hybridized carbons (Fsp3) is 0.667. The molecule has 1 aromatic rings. The largest absolute Gasteiger partial charge is 0.370 e. The van der Waals surface area contributed by atoms with E-state index in [-0.39, 0.29) is 0 Å². The molecule has 13 heavy (non-hydrogen) atoms. The molecule has 0 saturated carbocycles. The van der Waals surface area contributed by atoms with Gasteiger partial charge in [-0.25, -0.2) is 4.68 Å². The summed E-state index contributed by atoms with van der Waals surface area (Å²) in [4.78, 5) is 0. The van der Waals surface area contributed by atoms with E-state index in [1.165, 1.54) is 17.1 Å². The van der Waals surface area contributed by atoms with Gasteiger partial charge in [-0.1, -0.05) is 0 Å². The monoisotopic (exact) mass is 197 g/mol. The summed E-state index contributed by atoms with van der Waals surface area (Å²) in [6.07, 6.45) is 3.27. The average Bonchev–Trinajstić information content (AvgIpc) is 2.68. The predicted octanol–water partition coefficient (Wildman–Crippen LogP) is 1.73. The topological polar surface area (TPSA) is 29.9 Å². The number of nitrogens with one attached hydrogen (secondary N) is 1. The van der Waals surface area contributed by atoms with Gasteiger partial charge in [-0.2, -0.15) is 16.9 Å². The molecular weight excluding hydrogens is 182 g/mol. The van der Waals surface area contributed by atoms with Crippen LogP contribution in [0.2, 0.25) is 0 Å². The number of aryl methyl sites for hydroxylation is 1. The summed E-state index contributed by atoms with van der Waals surface area (Å²) >= 11 is 1.84. The molecule has 0 amide bonds. The number of nitrogens with zero attached hydrogens (tertiary/aromatic N) is 2. The Labute approximate surface area is 82.9 Å². The molecule has 4 heteroatoms. The zero-order chi connectivity index (χ0) is 9.26. The van der Waals surface area contributed by atoms with E-state index in [1.807, 2.05) is 11.8 Å². The summed E-state index contributed by atoms with van der Waals surface area (Å²) in [5.74, 6) is 2.29. The second-order valence-corrected chi connectivity index (χ2v) is 4.07. The number of hydrogen-bond acceptors (Lipinski definition) is 3. The van der Waals surface area contributed by atoms with E-state index in [1.54, 1.807) is 0 Å². The molecule has 3 nitrogen and oxygen atoms in total. The van der Waals surface area contributed by atoms with E-state index in [0.717, 1.165) is 25.3 Å². The quantitative estimate of drug-likeness (QED) is 0.800. The summed E-state index contributed by atoms with van der Waals surface area (Å²) in [5.41, 5.74) is 2.71. The van der Waals surface area contributed by atoms with Crippen LogP contribution in [-0.2, 0) is 18.7 Å². The third-order valence-electron chi connectivity index (χ3n) is 2.38. The molecule has 1 aromatic heterocycles. The summed E-state index contributed by atoms with van der Waals surface area (Å²) in [6, 6.07) is 0. The third kappa shape index (κ3) is 1.43. The van der Waals surface area contributed by atoms with Gasteiger partial charge in [0.2, 0.25) is 0 Å². The molecule has 0 aromatic carbocycles. The van der Waals surface area contributed by atoms with Crippen molar-refractivity contribution in [1.29, 1.82) is 0 Å². The van der Waals surface area contributed by atoms with Crippen LogP contribution < -0.4 is 5.32 Å². The van der Waals surface area contributed by atoms with Crippen molar-refractivity contribution in [2.24, 2.45) is 0 Å². The van der Waals surface area contributed by atoms with Gasteiger partial charge in [0.25, 0.3) is 0 Å². The van der Waals surface area contributed by atoms with Crippen molar-refractivity contribution < 1.29 is 0 Å². The Kier molecular flexibility index (Phi) is 2.49. The lowest BCUT2D eigenvalue weighted by Gasteiger charge is -2.01. The molecule has 2 heterocycles. The van der Waals surface area contributed by atoms with Crippen LogP contribution in [0.4, 0.5) is 5.82 Å². The second-order valence-electron chi connectivity index (χ2n) is 3.20. The highest BCUT2D eigenvalue weighted by molar-refractivity contribution is 7.97. The van der Waals surface area contributed by atoms with Crippen LogP contribution in [0.25, 0.3) is 0 Å². The molecule has 1 aliphatic heterocycles. The maximum absolute atomic E-state index is 4.57. The van der Waals surface area contributed by atoms with Gasteiger partial charge in [0.1, 0.15) is 5.82 Å². The molecule has 1 aliphatic rings. The molecule has 0 radical (unpaired) electrons. The third-order valence-corrected chi connectivity index (χ3v) is 2.94. The van der Waals surface area contributed by atoms with E-state index < -0.39 is 0 Å². The number of fused-ring (bicyclic) bond motifs is 1. The normalized spacial score (nSPS) is 14.3. The van der Waals surface area contributed by atoms with E-state index in [9.17, 15) is 0 Å². The van der Waals surface area contributed by atoms with Crippen molar-refractivity contribution in [3.05, 3.63) is 11.3 Å². The smallest absolute Gasteiger partial charge is 0.127 e. The lowest BCUT2D eigenvalue weighted by Crippen LogP contribution is -2.04. The Morgan fingerprint density at radius 1 is 1.62 bits per heavy atom. The minimum Gasteiger partial charge on any atom is -0.370 e. The van der Waals surface area contributed by atoms with Gasteiger partial charge < -0.3 is 5.32 Å². The fourth-order valence-electron chi connectivity index (χ4n) is 1.80. The summed E-state index contributed by atoms with van der Waals surface area (Å²) in [7, 11) is 0. The number of thioether (sulfide) groups is 1. The Bertz CT molecular complexity index is 306. The SMILES string of the molecule is CCn1nc(CSC)c2c1NCC2. The van der Waals surface area contributed by atoms with Crippen molar-refractivity contribution >= 4 is 17.6 Å².